The zero-order valence-electron chi connectivity index (χ0n) is 17.4. The number of ether oxygens (including phenoxy) is 1. The van der Waals surface area contributed by atoms with Gasteiger partial charge in [-0.05, 0) is 80.6 Å². The SMILES string of the molecule is CCN1c2ccc(/C=N/NC(=O)COc3ccc(Cl)cc3)cc2C(C)CC1(C)C. The van der Waals surface area contributed by atoms with E-state index in [-0.39, 0.29) is 18.1 Å². The summed E-state index contributed by atoms with van der Waals surface area (Å²) in [5.41, 5.74) is 6.23. The van der Waals surface area contributed by atoms with Gasteiger partial charge in [0, 0.05) is 22.8 Å². The maximum absolute atomic E-state index is 11.9. The summed E-state index contributed by atoms with van der Waals surface area (Å²) in [5, 5.41) is 4.69. The van der Waals surface area contributed by atoms with E-state index in [4.69, 9.17) is 16.3 Å². The predicted molar refractivity (Wildman–Crippen MR) is 119 cm³/mol. The summed E-state index contributed by atoms with van der Waals surface area (Å²) >= 11 is 5.83. The molecule has 29 heavy (non-hydrogen) atoms. The average molecular weight is 414 g/mol. The molecular weight excluding hydrogens is 386 g/mol. The summed E-state index contributed by atoms with van der Waals surface area (Å²) in [5.74, 6) is 0.737. The molecule has 0 aliphatic carbocycles. The number of rotatable bonds is 6. The van der Waals surface area contributed by atoms with Gasteiger partial charge in [-0.15, -0.1) is 0 Å². The Bertz CT molecular complexity index is 893. The summed E-state index contributed by atoms with van der Waals surface area (Å²) in [6, 6.07) is 13.2. The maximum Gasteiger partial charge on any atom is 0.277 e. The molecule has 0 saturated carbocycles. The molecule has 1 aliphatic heterocycles. The number of anilines is 1. The van der Waals surface area contributed by atoms with E-state index in [1.165, 1.54) is 11.3 Å². The van der Waals surface area contributed by atoms with Crippen molar-refractivity contribution in [3.8, 4) is 5.75 Å². The highest BCUT2D eigenvalue weighted by Crippen LogP contribution is 2.43. The first-order valence-corrected chi connectivity index (χ1v) is 10.3. The standard InChI is InChI=1S/C23H28ClN3O2/c1-5-27-21-11-6-17(12-20(21)16(2)13-23(27,3)4)14-25-26-22(28)15-29-19-9-7-18(24)8-10-19/h6-12,14,16H,5,13,15H2,1-4H3,(H,26,28)/b25-14+. The fourth-order valence-corrected chi connectivity index (χ4v) is 4.20. The van der Waals surface area contributed by atoms with Crippen molar-refractivity contribution >= 4 is 29.4 Å². The topological polar surface area (TPSA) is 53.9 Å². The molecule has 0 fully saturated rings. The van der Waals surface area contributed by atoms with Gasteiger partial charge in [0.05, 0.1) is 6.21 Å². The van der Waals surface area contributed by atoms with Crippen LogP contribution in [0.15, 0.2) is 47.6 Å². The van der Waals surface area contributed by atoms with Gasteiger partial charge in [0.15, 0.2) is 6.61 Å². The van der Waals surface area contributed by atoms with Crippen molar-refractivity contribution in [2.75, 3.05) is 18.1 Å². The molecule has 5 nitrogen and oxygen atoms in total. The second-order valence-corrected chi connectivity index (χ2v) is 8.45. The lowest BCUT2D eigenvalue weighted by Gasteiger charge is -2.47. The molecule has 1 aliphatic rings. The fourth-order valence-electron chi connectivity index (χ4n) is 4.08. The first-order chi connectivity index (χ1) is 13.8. The quantitative estimate of drug-likeness (QED) is 0.536. The molecule has 0 aromatic heterocycles. The fraction of sp³-hybridized carbons (Fsp3) is 0.391. The third kappa shape index (κ3) is 5.10. The lowest BCUT2D eigenvalue weighted by molar-refractivity contribution is -0.123. The van der Waals surface area contributed by atoms with Crippen LogP contribution in [0.2, 0.25) is 5.02 Å². The number of carbonyl (C=O) groups is 1. The Labute approximate surface area is 177 Å². The van der Waals surface area contributed by atoms with Crippen molar-refractivity contribution < 1.29 is 9.53 Å². The van der Waals surface area contributed by atoms with Gasteiger partial charge in [-0.25, -0.2) is 5.43 Å². The third-order valence-electron chi connectivity index (χ3n) is 5.31. The summed E-state index contributed by atoms with van der Waals surface area (Å²) in [6.45, 7) is 9.92. The summed E-state index contributed by atoms with van der Waals surface area (Å²) in [6.07, 6.45) is 2.77. The van der Waals surface area contributed by atoms with Crippen molar-refractivity contribution in [2.45, 2.75) is 45.6 Å². The molecule has 0 radical (unpaired) electrons. The van der Waals surface area contributed by atoms with E-state index in [2.05, 4.69) is 55.3 Å². The summed E-state index contributed by atoms with van der Waals surface area (Å²) < 4.78 is 5.41. The van der Waals surface area contributed by atoms with Crippen molar-refractivity contribution in [3.63, 3.8) is 0 Å². The number of halogens is 1. The van der Waals surface area contributed by atoms with Crippen LogP contribution in [0.1, 0.15) is 51.2 Å². The number of carbonyl (C=O) groups excluding carboxylic acids is 1. The molecule has 3 rings (SSSR count). The molecule has 0 saturated heterocycles. The largest absolute Gasteiger partial charge is 0.484 e. The van der Waals surface area contributed by atoms with E-state index >= 15 is 0 Å². The molecule has 1 N–H and O–H groups in total. The van der Waals surface area contributed by atoms with Crippen LogP contribution in [0, 0.1) is 0 Å². The average Bonchev–Trinajstić information content (AvgIpc) is 2.67. The molecule has 1 atom stereocenters. The molecule has 1 unspecified atom stereocenters. The molecule has 0 bridgehead atoms. The third-order valence-corrected chi connectivity index (χ3v) is 5.56. The Balaban J connectivity index is 1.60. The molecule has 0 spiro atoms. The second-order valence-electron chi connectivity index (χ2n) is 8.02. The molecular formula is C23H28ClN3O2. The minimum atomic E-state index is -0.318. The van der Waals surface area contributed by atoms with Gasteiger partial charge < -0.3 is 9.64 Å². The zero-order chi connectivity index (χ0) is 21.0. The summed E-state index contributed by atoms with van der Waals surface area (Å²) in [7, 11) is 0. The zero-order valence-corrected chi connectivity index (χ0v) is 18.2. The number of fused-ring (bicyclic) bond motifs is 1. The Hall–Kier alpha value is -2.53. The summed E-state index contributed by atoms with van der Waals surface area (Å²) in [4.78, 5) is 14.4. The van der Waals surface area contributed by atoms with Gasteiger partial charge in [-0.3, -0.25) is 4.79 Å². The van der Waals surface area contributed by atoms with Crippen molar-refractivity contribution in [1.29, 1.82) is 0 Å². The monoisotopic (exact) mass is 413 g/mol. The normalized spacial score (nSPS) is 17.8. The van der Waals surface area contributed by atoms with Crippen LogP contribution >= 0.6 is 11.6 Å². The van der Waals surface area contributed by atoms with Crippen molar-refractivity contribution in [1.82, 2.24) is 5.43 Å². The second kappa shape index (κ2) is 8.87. The predicted octanol–water partition coefficient (Wildman–Crippen LogP) is 4.98. The maximum atomic E-state index is 11.9. The van der Waals surface area contributed by atoms with E-state index in [1.54, 1.807) is 30.5 Å². The van der Waals surface area contributed by atoms with Crippen LogP contribution < -0.4 is 15.1 Å². The smallest absolute Gasteiger partial charge is 0.277 e. The molecule has 2 aromatic rings. The number of hydrogen-bond donors (Lipinski definition) is 1. The lowest BCUT2D eigenvalue weighted by atomic mass is 9.79. The van der Waals surface area contributed by atoms with Crippen LogP contribution in [0.5, 0.6) is 5.75 Å². The number of nitrogens with zero attached hydrogens (tertiary/aromatic N) is 2. The number of hydrazone groups is 1. The Morgan fingerprint density at radius 3 is 2.72 bits per heavy atom. The minimum Gasteiger partial charge on any atom is -0.484 e. The van der Waals surface area contributed by atoms with Crippen LogP contribution in [0.3, 0.4) is 0 Å². The Morgan fingerprint density at radius 2 is 2.03 bits per heavy atom. The van der Waals surface area contributed by atoms with Gasteiger partial charge in [0.1, 0.15) is 5.75 Å². The number of hydrogen-bond acceptors (Lipinski definition) is 4. The highest BCUT2D eigenvalue weighted by atomic mass is 35.5. The van der Waals surface area contributed by atoms with E-state index in [1.807, 2.05) is 6.07 Å². The number of nitrogens with one attached hydrogen (secondary N) is 1. The molecule has 1 heterocycles. The lowest BCUT2D eigenvalue weighted by Crippen LogP contribution is -2.48. The van der Waals surface area contributed by atoms with Gasteiger partial charge in [-0.1, -0.05) is 24.6 Å². The van der Waals surface area contributed by atoms with Crippen molar-refractivity contribution in [3.05, 3.63) is 58.6 Å². The van der Waals surface area contributed by atoms with Crippen LogP contribution in [0.25, 0.3) is 0 Å². The minimum absolute atomic E-state index is 0.110. The van der Waals surface area contributed by atoms with E-state index < -0.39 is 0 Å². The molecule has 6 heteroatoms. The molecule has 2 aromatic carbocycles. The number of amides is 1. The van der Waals surface area contributed by atoms with E-state index in [0.717, 1.165) is 18.5 Å². The number of benzene rings is 2. The highest BCUT2D eigenvalue weighted by molar-refractivity contribution is 6.30. The van der Waals surface area contributed by atoms with Gasteiger partial charge >= 0.3 is 0 Å². The Kier molecular flexibility index (Phi) is 6.48. The van der Waals surface area contributed by atoms with Gasteiger partial charge in [-0.2, -0.15) is 5.10 Å². The van der Waals surface area contributed by atoms with Crippen LogP contribution in [-0.4, -0.2) is 30.8 Å². The molecule has 1 amide bonds. The van der Waals surface area contributed by atoms with Crippen LogP contribution in [0.4, 0.5) is 5.69 Å². The van der Waals surface area contributed by atoms with Gasteiger partial charge in [0.2, 0.25) is 0 Å². The van der Waals surface area contributed by atoms with Gasteiger partial charge in [0.25, 0.3) is 5.91 Å². The highest BCUT2D eigenvalue weighted by Gasteiger charge is 2.35. The van der Waals surface area contributed by atoms with E-state index in [9.17, 15) is 4.79 Å². The first kappa shape index (κ1) is 21.2. The van der Waals surface area contributed by atoms with Crippen molar-refractivity contribution in [2.24, 2.45) is 5.10 Å². The first-order valence-electron chi connectivity index (χ1n) is 9.92. The molecule has 154 valence electrons. The van der Waals surface area contributed by atoms with Crippen LogP contribution in [-0.2, 0) is 4.79 Å². The van der Waals surface area contributed by atoms with E-state index in [0.29, 0.717) is 16.7 Å². The Morgan fingerprint density at radius 1 is 1.31 bits per heavy atom.